The minimum Gasteiger partial charge on any atom is -0.375 e. The van der Waals surface area contributed by atoms with Gasteiger partial charge in [0.15, 0.2) is 0 Å². The van der Waals surface area contributed by atoms with E-state index >= 15 is 0 Å². The molecule has 0 radical (unpaired) electrons. The molecule has 2 rings (SSSR count). The fourth-order valence-electron chi connectivity index (χ4n) is 2.49. The molecule has 11 heavy (non-hydrogen) atoms. The van der Waals surface area contributed by atoms with E-state index in [9.17, 15) is 0 Å². The van der Waals surface area contributed by atoms with Gasteiger partial charge in [0.2, 0.25) is 0 Å². The summed E-state index contributed by atoms with van der Waals surface area (Å²) < 4.78 is 5.65. The number of likely N-dealkylation sites (N-methyl/N-ethyl adjacent to an activating group) is 1. The molecule has 0 N–H and O–H groups in total. The Morgan fingerprint density at radius 3 is 2.55 bits per heavy atom. The van der Waals surface area contributed by atoms with Gasteiger partial charge in [-0.3, -0.25) is 4.90 Å². The van der Waals surface area contributed by atoms with Gasteiger partial charge in [-0.1, -0.05) is 13.8 Å². The van der Waals surface area contributed by atoms with Gasteiger partial charge in [0, 0.05) is 12.1 Å². The van der Waals surface area contributed by atoms with Crippen molar-refractivity contribution in [1.29, 1.82) is 0 Å². The molecule has 0 saturated carbocycles. The number of rotatable bonds is 1. The molecule has 0 aromatic heterocycles. The summed E-state index contributed by atoms with van der Waals surface area (Å²) in [5, 5.41) is 0. The van der Waals surface area contributed by atoms with E-state index in [-0.39, 0.29) is 0 Å². The quantitative estimate of drug-likeness (QED) is 0.562. The van der Waals surface area contributed by atoms with Crippen LogP contribution in [0, 0.1) is 5.92 Å². The van der Waals surface area contributed by atoms with Crippen molar-refractivity contribution >= 4 is 0 Å². The number of nitrogens with zero attached hydrogens (tertiary/aromatic N) is 1. The maximum absolute atomic E-state index is 5.65. The van der Waals surface area contributed by atoms with Gasteiger partial charge in [0.05, 0.1) is 12.7 Å². The highest BCUT2D eigenvalue weighted by atomic mass is 16.5. The summed E-state index contributed by atoms with van der Waals surface area (Å²) in [4.78, 5) is 2.48. The molecule has 0 spiro atoms. The Morgan fingerprint density at radius 2 is 2.27 bits per heavy atom. The van der Waals surface area contributed by atoms with E-state index in [2.05, 4.69) is 25.8 Å². The van der Waals surface area contributed by atoms with Gasteiger partial charge in [-0.15, -0.1) is 0 Å². The summed E-state index contributed by atoms with van der Waals surface area (Å²) in [5.41, 5.74) is 0.380. The van der Waals surface area contributed by atoms with Crippen LogP contribution in [0.25, 0.3) is 0 Å². The summed E-state index contributed by atoms with van der Waals surface area (Å²) >= 11 is 0. The number of fused-ring (bicyclic) bond motifs is 2. The molecule has 2 aliphatic rings. The highest BCUT2D eigenvalue weighted by molar-refractivity contribution is 5.05. The summed E-state index contributed by atoms with van der Waals surface area (Å²) in [6.45, 7) is 6.69. The Hall–Kier alpha value is -0.0800. The third kappa shape index (κ3) is 0.859. The van der Waals surface area contributed by atoms with Crippen LogP contribution < -0.4 is 0 Å². The molecule has 64 valence electrons. The lowest BCUT2D eigenvalue weighted by atomic mass is 9.86. The fourth-order valence-corrected chi connectivity index (χ4v) is 2.49. The van der Waals surface area contributed by atoms with Gasteiger partial charge in [0.1, 0.15) is 0 Å². The molecule has 0 aliphatic carbocycles. The molecule has 2 fully saturated rings. The summed E-state index contributed by atoms with van der Waals surface area (Å²) in [6, 6.07) is 0. The van der Waals surface area contributed by atoms with Crippen molar-refractivity contribution < 1.29 is 4.74 Å². The van der Waals surface area contributed by atoms with Crippen molar-refractivity contribution in [3.63, 3.8) is 0 Å². The second-order valence-corrected chi connectivity index (χ2v) is 4.28. The Kier molecular flexibility index (Phi) is 1.52. The normalized spacial score (nSPS) is 44.2. The van der Waals surface area contributed by atoms with Crippen molar-refractivity contribution in [3.8, 4) is 0 Å². The Balaban J connectivity index is 2.22. The predicted octanol–water partition coefficient (Wildman–Crippen LogP) is 1.12. The maximum atomic E-state index is 5.65. The minimum absolute atomic E-state index is 0.380. The molecule has 2 heteroatoms. The molecule has 2 unspecified atom stereocenters. The smallest absolute Gasteiger partial charge is 0.0721 e. The van der Waals surface area contributed by atoms with Gasteiger partial charge in [-0.05, 0) is 19.4 Å². The Labute approximate surface area is 68.5 Å². The number of likely N-dealkylation sites (tertiary alicyclic amines) is 1. The standard InChI is InChI=1S/C9H17NO/c1-7(2)9-4-8(11-6-9)5-10(9)3/h7-8H,4-6H2,1-3H3. The second kappa shape index (κ2) is 2.20. The van der Waals surface area contributed by atoms with E-state index in [0.717, 1.165) is 19.1 Å². The molecule has 2 atom stereocenters. The molecule has 0 aromatic carbocycles. The largest absolute Gasteiger partial charge is 0.375 e. The van der Waals surface area contributed by atoms with Crippen molar-refractivity contribution in [2.45, 2.75) is 31.9 Å². The number of hydrogen-bond donors (Lipinski definition) is 0. The van der Waals surface area contributed by atoms with Crippen LogP contribution in [0.3, 0.4) is 0 Å². The summed E-state index contributed by atoms with van der Waals surface area (Å²) in [5.74, 6) is 0.722. The molecule has 2 nitrogen and oxygen atoms in total. The van der Waals surface area contributed by atoms with Gasteiger partial charge >= 0.3 is 0 Å². The van der Waals surface area contributed by atoms with Crippen LogP contribution in [0.4, 0.5) is 0 Å². The average molecular weight is 155 g/mol. The molecule has 2 bridgehead atoms. The zero-order valence-corrected chi connectivity index (χ0v) is 7.63. The van der Waals surface area contributed by atoms with E-state index in [4.69, 9.17) is 4.74 Å². The zero-order valence-electron chi connectivity index (χ0n) is 7.63. The van der Waals surface area contributed by atoms with Crippen LogP contribution in [0.15, 0.2) is 0 Å². The fraction of sp³-hybridized carbons (Fsp3) is 1.00. The lowest BCUT2D eigenvalue weighted by Gasteiger charge is -2.38. The SMILES string of the molecule is CC(C)C12COC(CN1C)C2. The zero-order chi connectivity index (χ0) is 8.06. The monoisotopic (exact) mass is 155 g/mol. The molecular formula is C9H17NO. The lowest BCUT2D eigenvalue weighted by molar-refractivity contribution is -0.0144. The Bertz CT molecular complexity index is 169. The van der Waals surface area contributed by atoms with E-state index in [1.807, 2.05) is 0 Å². The van der Waals surface area contributed by atoms with Crippen LogP contribution in [0.1, 0.15) is 20.3 Å². The first-order valence-electron chi connectivity index (χ1n) is 4.48. The number of ether oxygens (including phenoxy) is 1. The van der Waals surface area contributed by atoms with E-state index in [0.29, 0.717) is 11.6 Å². The summed E-state index contributed by atoms with van der Waals surface area (Å²) in [7, 11) is 2.22. The first kappa shape index (κ1) is 7.56. The predicted molar refractivity (Wildman–Crippen MR) is 44.6 cm³/mol. The third-order valence-corrected chi connectivity index (χ3v) is 3.46. The van der Waals surface area contributed by atoms with Crippen LogP contribution in [0.5, 0.6) is 0 Å². The summed E-state index contributed by atoms with van der Waals surface area (Å²) in [6.07, 6.45) is 1.78. The van der Waals surface area contributed by atoms with Gasteiger partial charge in [-0.2, -0.15) is 0 Å². The van der Waals surface area contributed by atoms with Crippen molar-refractivity contribution in [1.82, 2.24) is 4.90 Å². The first-order valence-corrected chi connectivity index (χ1v) is 4.48. The minimum atomic E-state index is 0.380. The molecule has 2 saturated heterocycles. The second-order valence-electron chi connectivity index (χ2n) is 4.28. The van der Waals surface area contributed by atoms with Crippen molar-refractivity contribution in [3.05, 3.63) is 0 Å². The first-order chi connectivity index (χ1) is 5.15. The van der Waals surface area contributed by atoms with Crippen LogP contribution >= 0.6 is 0 Å². The molecule has 0 aromatic rings. The topological polar surface area (TPSA) is 12.5 Å². The van der Waals surface area contributed by atoms with Crippen molar-refractivity contribution in [2.75, 3.05) is 20.2 Å². The van der Waals surface area contributed by atoms with E-state index in [1.54, 1.807) is 0 Å². The molecule has 2 aliphatic heterocycles. The average Bonchev–Trinajstić information content (AvgIpc) is 2.43. The Morgan fingerprint density at radius 1 is 1.55 bits per heavy atom. The van der Waals surface area contributed by atoms with Crippen molar-refractivity contribution in [2.24, 2.45) is 5.92 Å². The maximum Gasteiger partial charge on any atom is 0.0721 e. The lowest BCUT2D eigenvalue weighted by Crippen LogP contribution is -2.49. The van der Waals surface area contributed by atoms with Gasteiger partial charge in [-0.25, -0.2) is 0 Å². The van der Waals surface area contributed by atoms with Crippen LogP contribution in [-0.4, -0.2) is 36.7 Å². The van der Waals surface area contributed by atoms with E-state index < -0.39 is 0 Å². The van der Waals surface area contributed by atoms with Gasteiger partial charge < -0.3 is 4.74 Å². The van der Waals surface area contributed by atoms with Crippen LogP contribution in [-0.2, 0) is 4.74 Å². The molecule has 0 amide bonds. The van der Waals surface area contributed by atoms with E-state index in [1.165, 1.54) is 6.42 Å². The molecule has 2 heterocycles. The molecular weight excluding hydrogens is 138 g/mol. The highest BCUT2D eigenvalue weighted by Crippen LogP contribution is 2.41. The van der Waals surface area contributed by atoms with Crippen LogP contribution in [0.2, 0.25) is 0 Å². The number of morpholine rings is 1. The third-order valence-electron chi connectivity index (χ3n) is 3.46. The highest BCUT2D eigenvalue weighted by Gasteiger charge is 2.51. The van der Waals surface area contributed by atoms with Gasteiger partial charge in [0.25, 0.3) is 0 Å². The number of hydrogen-bond acceptors (Lipinski definition) is 2.